The van der Waals surface area contributed by atoms with Crippen molar-refractivity contribution in [2.45, 2.75) is 13.8 Å². The van der Waals surface area contributed by atoms with Gasteiger partial charge in [-0.1, -0.05) is 30.3 Å². The van der Waals surface area contributed by atoms with Gasteiger partial charge < -0.3 is 5.32 Å². The van der Waals surface area contributed by atoms with Crippen molar-refractivity contribution in [3.8, 4) is 5.69 Å². The van der Waals surface area contributed by atoms with Gasteiger partial charge in [0.25, 0.3) is 5.91 Å². The van der Waals surface area contributed by atoms with Crippen LogP contribution in [0.1, 0.15) is 21.7 Å². The highest BCUT2D eigenvalue weighted by atomic mass is 16.1. The molecule has 4 heteroatoms. The van der Waals surface area contributed by atoms with Gasteiger partial charge in [0.2, 0.25) is 0 Å². The molecule has 3 rings (SSSR count). The van der Waals surface area contributed by atoms with E-state index in [4.69, 9.17) is 0 Å². The first-order chi connectivity index (χ1) is 10.6. The van der Waals surface area contributed by atoms with Gasteiger partial charge in [-0.05, 0) is 49.7 Å². The second-order valence-electron chi connectivity index (χ2n) is 5.24. The van der Waals surface area contributed by atoms with Crippen molar-refractivity contribution in [1.82, 2.24) is 9.78 Å². The third-order valence-corrected chi connectivity index (χ3v) is 3.40. The first kappa shape index (κ1) is 14.1. The Bertz CT molecular complexity index is 806. The zero-order valence-electron chi connectivity index (χ0n) is 12.6. The first-order valence-corrected chi connectivity index (χ1v) is 7.13. The molecule has 0 unspecified atom stereocenters. The van der Waals surface area contributed by atoms with Crippen LogP contribution in [0.15, 0.2) is 60.7 Å². The maximum atomic E-state index is 12.3. The number of carbonyl (C=O) groups is 1. The summed E-state index contributed by atoms with van der Waals surface area (Å²) in [5.74, 6) is -0.205. The van der Waals surface area contributed by atoms with E-state index in [0.717, 1.165) is 22.6 Å². The number of para-hydroxylation sites is 1. The van der Waals surface area contributed by atoms with Crippen molar-refractivity contribution in [2.75, 3.05) is 5.32 Å². The van der Waals surface area contributed by atoms with Gasteiger partial charge >= 0.3 is 0 Å². The maximum absolute atomic E-state index is 12.3. The minimum absolute atomic E-state index is 0.205. The van der Waals surface area contributed by atoms with Crippen molar-refractivity contribution in [2.24, 2.45) is 0 Å². The molecule has 0 radical (unpaired) electrons. The normalized spacial score (nSPS) is 10.5. The van der Waals surface area contributed by atoms with E-state index in [2.05, 4.69) is 10.4 Å². The monoisotopic (exact) mass is 291 g/mol. The molecule has 0 aliphatic carbocycles. The molecule has 0 atom stereocenters. The molecule has 0 saturated heterocycles. The van der Waals surface area contributed by atoms with Gasteiger partial charge in [-0.2, -0.15) is 5.10 Å². The van der Waals surface area contributed by atoms with Crippen molar-refractivity contribution in [1.29, 1.82) is 0 Å². The Balaban J connectivity index is 1.85. The van der Waals surface area contributed by atoms with Gasteiger partial charge in [0.1, 0.15) is 0 Å². The van der Waals surface area contributed by atoms with Crippen molar-refractivity contribution in [3.05, 3.63) is 77.6 Å². The fourth-order valence-corrected chi connectivity index (χ4v) is 2.33. The number of hydrogen-bond donors (Lipinski definition) is 1. The maximum Gasteiger partial charge on any atom is 0.276 e. The lowest BCUT2D eigenvalue weighted by Gasteiger charge is -2.04. The summed E-state index contributed by atoms with van der Waals surface area (Å²) in [4.78, 5) is 12.3. The summed E-state index contributed by atoms with van der Waals surface area (Å²) in [5.41, 5.74) is 4.14. The van der Waals surface area contributed by atoms with E-state index < -0.39 is 0 Å². The molecule has 0 aliphatic rings. The molecule has 0 fully saturated rings. The predicted molar refractivity (Wildman–Crippen MR) is 87.4 cm³/mol. The lowest BCUT2D eigenvalue weighted by Crippen LogP contribution is -2.13. The van der Waals surface area contributed by atoms with Gasteiger partial charge in [-0.3, -0.25) is 4.79 Å². The number of anilines is 1. The Morgan fingerprint density at radius 1 is 1.00 bits per heavy atom. The molecule has 2 aromatic carbocycles. The summed E-state index contributed by atoms with van der Waals surface area (Å²) in [7, 11) is 0. The highest BCUT2D eigenvalue weighted by Crippen LogP contribution is 2.14. The molecule has 4 nitrogen and oxygen atoms in total. The quantitative estimate of drug-likeness (QED) is 0.799. The van der Waals surface area contributed by atoms with Gasteiger partial charge in [-0.25, -0.2) is 4.68 Å². The van der Waals surface area contributed by atoms with E-state index in [1.807, 2.05) is 68.4 Å². The molecular formula is C18H17N3O. The predicted octanol–water partition coefficient (Wildman–Crippen LogP) is 3.74. The fraction of sp³-hybridized carbons (Fsp3) is 0.111. The largest absolute Gasteiger partial charge is 0.321 e. The average Bonchev–Trinajstić information content (AvgIpc) is 2.90. The van der Waals surface area contributed by atoms with Crippen LogP contribution in [0.3, 0.4) is 0 Å². The molecule has 1 heterocycles. The van der Waals surface area contributed by atoms with E-state index >= 15 is 0 Å². The molecule has 0 bridgehead atoms. The van der Waals surface area contributed by atoms with Crippen LogP contribution in [0.2, 0.25) is 0 Å². The zero-order valence-corrected chi connectivity index (χ0v) is 12.6. The number of aromatic nitrogens is 2. The van der Waals surface area contributed by atoms with Crippen molar-refractivity contribution in [3.63, 3.8) is 0 Å². The number of hydrogen-bond acceptors (Lipinski definition) is 2. The van der Waals surface area contributed by atoms with Crippen LogP contribution in [-0.4, -0.2) is 15.7 Å². The Labute approximate surface area is 129 Å². The van der Waals surface area contributed by atoms with Crippen molar-refractivity contribution < 1.29 is 4.79 Å². The van der Waals surface area contributed by atoms with Gasteiger partial charge in [0.15, 0.2) is 5.69 Å². The van der Waals surface area contributed by atoms with E-state index in [1.165, 1.54) is 0 Å². The van der Waals surface area contributed by atoms with Gasteiger partial charge in [-0.15, -0.1) is 0 Å². The number of aryl methyl sites for hydroxylation is 2. The second-order valence-corrected chi connectivity index (χ2v) is 5.24. The molecule has 1 N–H and O–H groups in total. The number of benzene rings is 2. The van der Waals surface area contributed by atoms with E-state index in [1.54, 1.807) is 10.7 Å². The molecule has 0 spiro atoms. The first-order valence-electron chi connectivity index (χ1n) is 7.13. The summed E-state index contributed by atoms with van der Waals surface area (Å²) in [5, 5.41) is 7.28. The lowest BCUT2D eigenvalue weighted by atomic mass is 10.2. The summed E-state index contributed by atoms with van der Waals surface area (Å²) in [6.45, 7) is 3.92. The molecule has 22 heavy (non-hydrogen) atoms. The third kappa shape index (κ3) is 2.91. The van der Waals surface area contributed by atoms with Gasteiger partial charge in [0.05, 0.1) is 5.69 Å². The van der Waals surface area contributed by atoms with E-state index in [-0.39, 0.29) is 5.91 Å². The van der Waals surface area contributed by atoms with Crippen LogP contribution in [0, 0.1) is 13.8 Å². The minimum atomic E-state index is -0.205. The van der Waals surface area contributed by atoms with Crippen LogP contribution in [0.4, 0.5) is 5.69 Å². The topological polar surface area (TPSA) is 46.9 Å². The number of amides is 1. The highest BCUT2D eigenvalue weighted by molar-refractivity contribution is 6.03. The third-order valence-electron chi connectivity index (χ3n) is 3.40. The van der Waals surface area contributed by atoms with Crippen LogP contribution in [0.5, 0.6) is 0 Å². The Morgan fingerprint density at radius 3 is 2.50 bits per heavy atom. The molecular weight excluding hydrogens is 274 g/mol. The fourth-order valence-electron chi connectivity index (χ4n) is 2.33. The standard InChI is InChI=1S/C18H17N3O/c1-13-7-6-8-15(11-13)19-18(22)17-12-14(2)21(20-17)16-9-4-3-5-10-16/h3-12H,1-2H3,(H,19,22). The zero-order chi connectivity index (χ0) is 15.5. The molecule has 3 aromatic rings. The van der Waals surface area contributed by atoms with Crippen LogP contribution in [0.25, 0.3) is 5.69 Å². The summed E-state index contributed by atoms with van der Waals surface area (Å²) < 4.78 is 1.77. The van der Waals surface area contributed by atoms with Crippen LogP contribution < -0.4 is 5.32 Å². The SMILES string of the molecule is Cc1cccc(NC(=O)c2cc(C)n(-c3ccccc3)n2)c1. The average molecular weight is 291 g/mol. The number of nitrogens with zero attached hydrogens (tertiary/aromatic N) is 2. The molecule has 1 aromatic heterocycles. The number of carbonyl (C=O) groups excluding carboxylic acids is 1. The molecule has 110 valence electrons. The van der Waals surface area contributed by atoms with Crippen molar-refractivity contribution >= 4 is 11.6 Å². The second kappa shape index (κ2) is 5.85. The summed E-state index contributed by atoms with van der Waals surface area (Å²) >= 11 is 0. The molecule has 1 amide bonds. The molecule has 0 aliphatic heterocycles. The Kier molecular flexibility index (Phi) is 3.74. The summed E-state index contributed by atoms with van der Waals surface area (Å²) in [6, 6.07) is 19.3. The lowest BCUT2D eigenvalue weighted by molar-refractivity contribution is 0.102. The number of rotatable bonds is 3. The minimum Gasteiger partial charge on any atom is -0.321 e. The highest BCUT2D eigenvalue weighted by Gasteiger charge is 2.13. The Morgan fingerprint density at radius 2 is 1.77 bits per heavy atom. The molecule has 0 saturated carbocycles. The van der Waals surface area contributed by atoms with Crippen LogP contribution in [-0.2, 0) is 0 Å². The Hall–Kier alpha value is -2.88. The number of nitrogens with one attached hydrogen (secondary N) is 1. The van der Waals surface area contributed by atoms with Gasteiger partial charge in [0, 0.05) is 11.4 Å². The van der Waals surface area contributed by atoms with Crippen LogP contribution >= 0.6 is 0 Å². The van der Waals surface area contributed by atoms with E-state index in [0.29, 0.717) is 5.69 Å². The van der Waals surface area contributed by atoms with E-state index in [9.17, 15) is 4.79 Å². The summed E-state index contributed by atoms with van der Waals surface area (Å²) in [6.07, 6.45) is 0. The smallest absolute Gasteiger partial charge is 0.276 e.